The maximum Gasteiger partial charge on any atom is 0.224 e. The van der Waals surface area contributed by atoms with E-state index in [-0.39, 0.29) is 11.9 Å². The molecule has 1 aliphatic rings. The van der Waals surface area contributed by atoms with Gasteiger partial charge in [-0.3, -0.25) is 4.79 Å². The molecule has 1 saturated heterocycles. The first kappa shape index (κ1) is 18.5. The summed E-state index contributed by atoms with van der Waals surface area (Å²) in [5.41, 5.74) is 3.66. The van der Waals surface area contributed by atoms with Crippen molar-refractivity contribution < 1.29 is 4.79 Å². The van der Waals surface area contributed by atoms with Crippen molar-refractivity contribution in [1.29, 1.82) is 0 Å². The highest BCUT2D eigenvalue weighted by Crippen LogP contribution is 2.37. The minimum absolute atomic E-state index is 0.154. The molecule has 1 unspecified atom stereocenters. The molecule has 0 saturated carbocycles. The van der Waals surface area contributed by atoms with Crippen molar-refractivity contribution in [2.45, 2.75) is 44.0 Å². The summed E-state index contributed by atoms with van der Waals surface area (Å²) in [6.45, 7) is 5.12. The zero-order valence-electron chi connectivity index (χ0n) is 15.8. The molecule has 0 aliphatic carbocycles. The number of aromatic nitrogens is 1. The van der Waals surface area contributed by atoms with Crippen molar-refractivity contribution in [2.75, 3.05) is 12.3 Å². The zero-order chi connectivity index (χ0) is 18.8. The second kappa shape index (κ2) is 8.03. The second-order valence-electron chi connectivity index (χ2n) is 7.11. The molecular formula is C22H24N2OS2. The van der Waals surface area contributed by atoms with Gasteiger partial charge in [0.25, 0.3) is 0 Å². The van der Waals surface area contributed by atoms with Crippen LogP contribution in [0.1, 0.15) is 41.4 Å². The molecule has 3 nitrogen and oxygen atoms in total. The van der Waals surface area contributed by atoms with E-state index >= 15 is 0 Å². The first-order valence-corrected chi connectivity index (χ1v) is 11.3. The molecule has 3 aromatic rings. The van der Waals surface area contributed by atoms with Crippen LogP contribution in [-0.4, -0.2) is 28.1 Å². The summed E-state index contributed by atoms with van der Waals surface area (Å²) in [6, 6.07) is 14.9. The van der Waals surface area contributed by atoms with Crippen LogP contribution in [0, 0.1) is 13.8 Å². The fourth-order valence-electron chi connectivity index (χ4n) is 3.56. The minimum atomic E-state index is 0.154. The van der Waals surface area contributed by atoms with Gasteiger partial charge in [-0.1, -0.05) is 18.2 Å². The number of hydrogen-bond acceptors (Lipinski definition) is 4. The molecule has 1 aliphatic heterocycles. The van der Waals surface area contributed by atoms with E-state index in [2.05, 4.69) is 49.1 Å². The van der Waals surface area contributed by atoms with E-state index in [0.717, 1.165) is 35.7 Å². The summed E-state index contributed by atoms with van der Waals surface area (Å²) in [7, 11) is 0. The number of thioether (sulfide) groups is 1. The highest BCUT2D eigenvalue weighted by atomic mass is 32.2. The number of amides is 1. The maximum atomic E-state index is 12.8. The third-order valence-electron chi connectivity index (χ3n) is 5.23. The van der Waals surface area contributed by atoms with E-state index in [1.54, 1.807) is 23.1 Å². The number of rotatable bonds is 5. The molecule has 0 bridgehead atoms. The van der Waals surface area contributed by atoms with Crippen molar-refractivity contribution in [3.63, 3.8) is 0 Å². The summed E-state index contributed by atoms with van der Waals surface area (Å²) >= 11 is 3.50. The van der Waals surface area contributed by atoms with Gasteiger partial charge < -0.3 is 4.90 Å². The van der Waals surface area contributed by atoms with E-state index in [9.17, 15) is 4.79 Å². The number of benzene rings is 2. The quantitative estimate of drug-likeness (QED) is 0.514. The van der Waals surface area contributed by atoms with Crippen LogP contribution in [0.2, 0.25) is 0 Å². The van der Waals surface area contributed by atoms with Crippen LogP contribution in [0.4, 0.5) is 0 Å². The SMILES string of the molecule is Cc1ccc(SCCC(=O)N2CCCC2c2nc3ccccc3s2)cc1C. The third kappa shape index (κ3) is 4.04. The number of nitrogens with zero attached hydrogens (tertiary/aromatic N) is 2. The van der Waals surface area contributed by atoms with Gasteiger partial charge in [-0.2, -0.15) is 0 Å². The lowest BCUT2D eigenvalue weighted by atomic mass is 10.1. The Balaban J connectivity index is 1.39. The topological polar surface area (TPSA) is 33.2 Å². The van der Waals surface area contributed by atoms with E-state index in [4.69, 9.17) is 4.98 Å². The largest absolute Gasteiger partial charge is 0.333 e. The van der Waals surface area contributed by atoms with Gasteiger partial charge in [-0.25, -0.2) is 4.98 Å². The van der Waals surface area contributed by atoms with Crippen LogP contribution in [0.5, 0.6) is 0 Å². The van der Waals surface area contributed by atoms with Gasteiger partial charge >= 0.3 is 0 Å². The molecule has 0 N–H and O–H groups in total. The Kier molecular flexibility index (Phi) is 5.50. The van der Waals surface area contributed by atoms with Crippen LogP contribution in [0.3, 0.4) is 0 Å². The lowest BCUT2D eigenvalue weighted by Gasteiger charge is -2.23. The lowest BCUT2D eigenvalue weighted by molar-refractivity contribution is -0.131. The highest BCUT2D eigenvalue weighted by molar-refractivity contribution is 7.99. The number of carbonyl (C=O) groups excluding carboxylic acids is 1. The summed E-state index contributed by atoms with van der Waals surface area (Å²) in [5.74, 6) is 1.08. The number of hydrogen-bond donors (Lipinski definition) is 0. The Morgan fingerprint density at radius 2 is 2.07 bits per heavy atom. The van der Waals surface area contributed by atoms with Crippen LogP contribution in [-0.2, 0) is 4.79 Å². The molecule has 1 atom stereocenters. The van der Waals surface area contributed by atoms with Crippen LogP contribution < -0.4 is 0 Å². The lowest BCUT2D eigenvalue weighted by Crippen LogP contribution is -2.30. The van der Waals surface area contributed by atoms with Crippen molar-refractivity contribution >= 4 is 39.2 Å². The number of fused-ring (bicyclic) bond motifs is 1. The molecule has 4 rings (SSSR count). The fourth-order valence-corrected chi connectivity index (χ4v) is 5.61. The second-order valence-corrected chi connectivity index (χ2v) is 9.34. The minimum Gasteiger partial charge on any atom is -0.333 e. The average Bonchev–Trinajstić information content (AvgIpc) is 3.30. The smallest absolute Gasteiger partial charge is 0.224 e. The van der Waals surface area contributed by atoms with Gasteiger partial charge in [-0.05, 0) is 62.1 Å². The Labute approximate surface area is 168 Å². The predicted molar refractivity (Wildman–Crippen MR) is 115 cm³/mol. The number of likely N-dealkylation sites (tertiary alicyclic amines) is 1. The molecule has 1 aromatic heterocycles. The van der Waals surface area contributed by atoms with Crippen molar-refractivity contribution in [3.05, 3.63) is 58.6 Å². The Morgan fingerprint density at radius 3 is 2.89 bits per heavy atom. The zero-order valence-corrected chi connectivity index (χ0v) is 17.4. The Bertz CT molecular complexity index is 933. The van der Waals surface area contributed by atoms with Crippen LogP contribution >= 0.6 is 23.1 Å². The molecule has 1 fully saturated rings. The molecular weight excluding hydrogens is 372 g/mol. The van der Waals surface area contributed by atoms with Gasteiger partial charge in [0.2, 0.25) is 5.91 Å². The molecule has 2 aromatic carbocycles. The number of aryl methyl sites for hydroxylation is 2. The van der Waals surface area contributed by atoms with Crippen molar-refractivity contribution in [3.8, 4) is 0 Å². The molecule has 0 spiro atoms. The van der Waals surface area contributed by atoms with E-state index < -0.39 is 0 Å². The van der Waals surface area contributed by atoms with Gasteiger partial charge in [-0.15, -0.1) is 23.1 Å². The van der Waals surface area contributed by atoms with Gasteiger partial charge in [0.1, 0.15) is 5.01 Å². The molecule has 140 valence electrons. The summed E-state index contributed by atoms with van der Waals surface area (Å²) in [5, 5.41) is 1.09. The molecule has 5 heteroatoms. The van der Waals surface area contributed by atoms with E-state index in [1.165, 1.54) is 20.7 Å². The molecule has 1 amide bonds. The standard InChI is InChI=1S/C22H24N2OS2/c1-15-9-10-17(14-16(15)2)26-13-11-21(25)24-12-5-7-19(24)22-23-18-6-3-4-8-20(18)27-22/h3-4,6,8-10,14,19H,5,7,11-13H2,1-2H3. The monoisotopic (exact) mass is 396 g/mol. The Morgan fingerprint density at radius 1 is 1.22 bits per heavy atom. The normalized spacial score (nSPS) is 17.0. The fraction of sp³-hybridized carbons (Fsp3) is 0.364. The molecule has 0 radical (unpaired) electrons. The number of para-hydroxylation sites is 1. The summed E-state index contributed by atoms with van der Waals surface area (Å²) in [6.07, 6.45) is 2.67. The number of thiazole rings is 1. The highest BCUT2D eigenvalue weighted by Gasteiger charge is 2.31. The molecule has 2 heterocycles. The maximum absolute atomic E-state index is 12.8. The van der Waals surface area contributed by atoms with Crippen LogP contribution in [0.25, 0.3) is 10.2 Å². The van der Waals surface area contributed by atoms with Gasteiger partial charge in [0, 0.05) is 23.6 Å². The third-order valence-corrected chi connectivity index (χ3v) is 7.36. The van der Waals surface area contributed by atoms with E-state index in [0.29, 0.717) is 6.42 Å². The van der Waals surface area contributed by atoms with Crippen molar-refractivity contribution in [1.82, 2.24) is 9.88 Å². The summed E-state index contributed by atoms with van der Waals surface area (Å²) < 4.78 is 1.21. The first-order valence-electron chi connectivity index (χ1n) is 9.47. The Hall–Kier alpha value is -1.85. The van der Waals surface area contributed by atoms with Crippen LogP contribution in [0.15, 0.2) is 47.4 Å². The summed E-state index contributed by atoms with van der Waals surface area (Å²) in [4.78, 5) is 20.9. The van der Waals surface area contributed by atoms with Gasteiger partial charge in [0.05, 0.1) is 16.3 Å². The molecule has 27 heavy (non-hydrogen) atoms. The average molecular weight is 397 g/mol. The van der Waals surface area contributed by atoms with Gasteiger partial charge in [0.15, 0.2) is 0 Å². The predicted octanol–water partition coefficient (Wildman–Crippen LogP) is 5.76. The first-order chi connectivity index (χ1) is 13.1. The number of carbonyl (C=O) groups is 1. The van der Waals surface area contributed by atoms with Crippen molar-refractivity contribution in [2.24, 2.45) is 0 Å². The van der Waals surface area contributed by atoms with E-state index in [1.807, 2.05) is 12.1 Å².